The molecule has 0 saturated heterocycles. The van der Waals surface area contributed by atoms with E-state index in [1.54, 1.807) is 19.1 Å². The molecule has 3 N–H and O–H groups in total. The number of carbonyl (C=O) groups is 3. The first-order valence-corrected chi connectivity index (χ1v) is 9.95. The number of aliphatic hydroxyl groups is 1. The highest BCUT2D eigenvalue weighted by molar-refractivity contribution is 5.86. The molecule has 1 saturated carbocycles. The summed E-state index contributed by atoms with van der Waals surface area (Å²) in [6.07, 6.45) is 7.88. The van der Waals surface area contributed by atoms with Crippen LogP contribution in [0.4, 0.5) is 0 Å². The molecule has 2 amide bonds. The summed E-state index contributed by atoms with van der Waals surface area (Å²) in [5, 5.41) is 15.3. The second-order valence-corrected chi connectivity index (χ2v) is 7.54. The highest BCUT2D eigenvalue weighted by atomic mass is 16.5. The molecule has 28 heavy (non-hydrogen) atoms. The topological polar surface area (TPSA) is 105 Å². The van der Waals surface area contributed by atoms with Crippen LogP contribution in [-0.4, -0.2) is 47.7 Å². The SMILES string of the molecule is C=CCCC(=O)OC[C@H](C)NC(=O)[C@H](CC=C)CC(=O)NC1(CO)CCCC1. The summed E-state index contributed by atoms with van der Waals surface area (Å²) in [6.45, 7) is 8.93. The van der Waals surface area contributed by atoms with Crippen molar-refractivity contribution in [2.24, 2.45) is 5.92 Å². The molecule has 0 aliphatic heterocycles. The van der Waals surface area contributed by atoms with E-state index >= 15 is 0 Å². The van der Waals surface area contributed by atoms with Crippen molar-refractivity contribution in [1.82, 2.24) is 10.6 Å². The lowest BCUT2D eigenvalue weighted by atomic mass is 9.95. The number of ether oxygens (including phenoxy) is 1. The Balaban J connectivity index is 2.50. The van der Waals surface area contributed by atoms with Crippen LogP contribution >= 0.6 is 0 Å². The van der Waals surface area contributed by atoms with Gasteiger partial charge < -0.3 is 20.5 Å². The average molecular weight is 395 g/mol. The normalized spacial score (nSPS) is 17.2. The quantitative estimate of drug-likeness (QED) is 0.327. The van der Waals surface area contributed by atoms with Crippen LogP contribution in [0.3, 0.4) is 0 Å². The standard InChI is InChI=1S/C21H34N2O5/c1-4-6-10-19(26)28-14-16(3)22-20(27)17(9-5-2)13-18(25)23-21(15-24)11-7-8-12-21/h4-5,16-17,24H,1-2,6-15H2,3H3,(H,22,27)(H,23,25)/t16-,17+/m0/s1. The molecule has 0 unspecified atom stereocenters. The van der Waals surface area contributed by atoms with Gasteiger partial charge in [0.2, 0.25) is 11.8 Å². The predicted molar refractivity (Wildman–Crippen MR) is 107 cm³/mol. The fraction of sp³-hybridized carbons (Fsp3) is 0.667. The molecule has 2 atom stereocenters. The number of rotatable bonds is 13. The van der Waals surface area contributed by atoms with Crippen molar-refractivity contribution >= 4 is 17.8 Å². The van der Waals surface area contributed by atoms with Gasteiger partial charge in [0.15, 0.2) is 0 Å². The van der Waals surface area contributed by atoms with E-state index in [4.69, 9.17) is 4.74 Å². The maximum Gasteiger partial charge on any atom is 0.306 e. The molecular weight excluding hydrogens is 360 g/mol. The highest BCUT2D eigenvalue weighted by Crippen LogP contribution is 2.29. The number of nitrogens with one attached hydrogen (secondary N) is 2. The molecule has 0 aromatic carbocycles. The van der Waals surface area contributed by atoms with Crippen LogP contribution < -0.4 is 10.6 Å². The van der Waals surface area contributed by atoms with E-state index in [0.717, 1.165) is 25.7 Å². The summed E-state index contributed by atoms with van der Waals surface area (Å²) in [5.41, 5.74) is -0.556. The Kier molecular flexibility index (Phi) is 10.5. The summed E-state index contributed by atoms with van der Waals surface area (Å²) in [6, 6.07) is -0.367. The Labute approximate surface area is 167 Å². The fourth-order valence-corrected chi connectivity index (χ4v) is 3.34. The molecule has 158 valence electrons. The van der Waals surface area contributed by atoms with Crippen molar-refractivity contribution in [3.8, 4) is 0 Å². The zero-order valence-electron chi connectivity index (χ0n) is 16.9. The first-order valence-electron chi connectivity index (χ1n) is 9.95. The Bertz CT molecular complexity index is 555. The van der Waals surface area contributed by atoms with E-state index < -0.39 is 11.5 Å². The summed E-state index contributed by atoms with van der Waals surface area (Å²) < 4.78 is 5.12. The van der Waals surface area contributed by atoms with E-state index in [1.165, 1.54) is 0 Å². The van der Waals surface area contributed by atoms with Crippen molar-refractivity contribution < 1.29 is 24.2 Å². The van der Waals surface area contributed by atoms with Gasteiger partial charge in [0.05, 0.1) is 24.1 Å². The number of aliphatic hydroxyl groups excluding tert-OH is 1. The minimum absolute atomic E-state index is 0.0193. The third kappa shape index (κ3) is 8.25. The maximum atomic E-state index is 12.5. The van der Waals surface area contributed by atoms with Crippen molar-refractivity contribution in [3.05, 3.63) is 25.3 Å². The molecule has 0 bridgehead atoms. The van der Waals surface area contributed by atoms with E-state index in [2.05, 4.69) is 23.8 Å². The third-order valence-corrected chi connectivity index (χ3v) is 4.96. The third-order valence-electron chi connectivity index (χ3n) is 4.96. The van der Waals surface area contributed by atoms with Crippen molar-refractivity contribution in [3.63, 3.8) is 0 Å². The van der Waals surface area contributed by atoms with E-state index in [9.17, 15) is 19.5 Å². The Morgan fingerprint density at radius 2 is 1.89 bits per heavy atom. The summed E-state index contributed by atoms with van der Waals surface area (Å²) in [5.74, 6) is -1.43. The number of carbonyl (C=O) groups excluding carboxylic acids is 3. The number of esters is 1. The molecule has 1 aliphatic rings. The first-order chi connectivity index (χ1) is 13.4. The molecule has 1 aliphatic carbocycles. The Morgan fingerprint density at radius 1 is 1.21 bits per heavy atom. The van der Waals surface area contributed by atoms with Crippen LogP contribution in [-0.2, 0) is 19.1 Å². The fourth-order valence-electron chi connectivity index (χ4n) is 3.34. The van der Waals surface area contributed by atoms with Gasteiger partial charge in [0.25, 0.3) is 0 Å². The van der Waals surface area contributed by atoms with Crippen LogP contribution in [0.1, 0.15) is 58.3 Å². The van der Waals surface area contributed by atoms with Gasteiger partial charge in [-0.05, 0) is 32.6 Å². The van der Waals surface area contributed by atoms with E-state index in [1.807, 2.05) is 0 Å². The van der Waals surface area contributed by atoms with Crippen LogP contribution in [0.5, 0.6) is 0 Å². The van der Waals surface area contributed by atoms with Crippen molar-refractivity contribution in [2.45, 2.75) is 69.9 Å². The Morgan fingerprint density at radius 3 is 2.46 bits per heavy atom. The lowest BCUT2D eigenvalue weighted by molar-refractivity contribution is -0.145. The molecule has 1 rings (SSSR count). The zero-order valence-corrected chi connectivity index (χ0v) is 16.9. The monoisotopic (exact) mass is 394 g/mol. The molecule has 7 heteroatoms. The molecule has 0 aromatic rings. The van der Waals surface area contributed by atoms with E-state index in [-0.39, 0.29) is 49.9 Å². The maximum absolute atomic E-state index is 12.5. The lowest BCUT2D eigenvalue weighted by Crippen LogP contribution is -2.50. The molecule has 0 aromatic heterocycles. The van der Waals surface area contributed by atoms with Gasteiger partial charge in [0, 0.05) is 12.8 Å². The van der Waals surface area contributed by atoms with Crippen molar-refractivity contribution in [2.75, 3.05) is 13.2 Å². The van der Waals surface area contributed by atoms with Crippen LogP contribution in [0.2, 0.25) is 0 Å². The van der Waals surface area contributed by atoms with Crippen LogP contribution in [0.25, 0.3) is 0 Å². The summed E-state index contributed by atoms with van der Waals surface area (Å²) >= 11 is 0. The average Bonchev–Trinajstić information content (AvgIpc) is 3.13. The number of hydrogen-bond acceptors (Lipinski definition) is 5. The second-order valence-electron chi connectivity index (χ2n) is 7.54. The van der Waals surface area contributed by atoms with Gasteiger partial charge >= 0.3 is 5.97 Å². The van der Waals surface area contributed by atoms with Gasteiger partial charge in [-0.3, -0.25) is 14.4 Å². The molecule has 0 spiro atoms. The molecule has 0 radical (unpaired) electrons. The van der Waals surface area contributed by atoms with Gasteiger partial charge in [-0.15, -0.1) is 13.2 Å². The Hall–Kier alpha value is -2.15. The zero-order chi connectivity index (χ0) is 21.0. The largest absolute Gasteiger partial charge is 0.463 e. The molecule has 7 nitrogen and oxygen atoms in total. The predicted octanol–water partition coefficient (Wildman–Crippen LogP) is 2.00. The summed E-state index contributed by atoms with van der Waals surface area (Å²) in [4.78, 5) is 36.5. The second kappa shape index (κ2) is 12.3. The highest BCUT2D eigenvalue weighted by Gasteiger charge is 2.35. The van der Waals surface area contributed by atoms with Gasteiger partial charge in [-0.1, -0.05) is 25.0 Å². The van der Waals surface area contributed by atoms with Gasteiger partial charge in [0.1, 0.15) is 6.61 Å². The number of hydrogen-bond donors (Lipinski definition) is 3. The number of amides is 2. The van der Waals surface area contributed by atoms with Crippen LogP contribution in [0.15, 0.2) is 25.3 Å². The minimum atomic E-state index is -0.562. The first kappa shape index (κ1) is 23.9. The molecular formula is C21H34N2O5. The molecule has 0 heterocycles. The van der Waals surface area contributed by atoms with Gasteiger partial charge in [-0.25, -0.2) is 0 Å². The van der Waals surface area contributed by atoms with E-state index in [0.29, 0.717) is 12.8 Å². The van der Waals surface area contributed by atoms with Crippen LogP contribution in [0, 0.1) is 5.92 Å². The smallest absolute Gasteiger partial charge is 0.306 e. The number of allylic oxidation sites excluding steroid dienone is 2. The molecule has 1 fully saturated rings. The minimum Gasteiger partial charge on any atom is -0.463 e. The lowest BCUT2D eigenvalue weighted by Gasteiger charge is -2.29. The van der Waals surface area contributed by atoms with Crippen molar-refractivity contribution in [1.29, 1.82) is 0 Å². The summed E-state index contributed by atoms with van der Waals surface area (Å²) in [7, 11) is 0. The van der Waals surface area contributed by atoms with Gasteiger partial charge in [-0.2, -0.15) is 0 Å².